The Hall–Kier alpha value is -2.04. The molecule has 2 amide bonds. The van der Waals surface area contributed by atoms with Gasteiger partial charge in [0.1, 0.15) is 6.54 Å². The van der Waals surface area contributed by atoms with Gasteiger partial charge in [0.15, 0.2) is 0 Å². The summed E-state index contributed by atoms with van der Waals surface area (Å²) in [7, 11) is 0. The van der Waals surface area contributed by atoms with Crippen molar-refractivity contribution in [2.45, 2.75) is 32.7 Å². The van der Waals surface area contributed by atoms with Gasteiger partial charge in [0.05, 0.1) is 17.9 Å². The summed E-state index contributed by atoms with van der Waals surface area (Å²) in [5, 5.41) is 6.02. The molecule has 5 nitrogen and oxygen atoms in total. The lowest BCUT2D eigenvalue weighted by Crippen LogP contribution is -2.47. The summed E-state index contributed by atoms with van der Waals surface area (Å²) in [4.78, 5) is 25.6. The first-order chi connectivity index (χ1) is 9.65. The van der Waals surface area contributed by atoms with Gasteiger partial charge in [0.25, 0.3) is 0 Å². The minimum absolute atomic E-state index is 0.0774. The van der Waals surface area contributed by atoms with Gasteiger partial charge in [-0.2, -0.15) is 0 Å². The zero-order chi connectivity index (χ0) is 14.5. The van der Waals surface area contributed by atoms with E-state index >= 15 is 0 Å². The molecule has 0 unspecified atom stereocenters. The maximum atomic E-state index is 12.1. The first-order valence-electron chi connectivity index (χ1n) is 7.08. The molecule has 5 heteroatoms. The van der Waals surface area contributed by atoms with E-state index in [1.807, 2.05) is 38.1 Å². The Labute approximate surface area is 119 Å². The van der Waals surface area contributed by atoms with Gasteiger partial charge in [-0.15, -0.1) is 0 Å². The smallest absolute Gasteiger partial charge is 0.246 e. The summed E-state index contributed by atoms with van der Waals surface area (Å²) in [6, 6.07) is 7.71. The molecular weight excluding hydrogens is 254 g/mol. The van der Waals surface area contributed by atoms with Crippen molar-refractivity contribution in [3.8, 4) is 0 Å². The van der Waals surface area contributed by atoms with Crippen molar-refractivity contribution in [1.82, 2.24) is 5.32 Å². The minimum Gasteiger partial charge on any atom is -0.374 e. The lowest BCUT2D eigenvalue weighted by molar-refractivity contribution is -0.123. The van der Waals surface area contributed by atoms with Gasteiger partial charge in [-0.3, -0.25) is 14.5 Å². The first kappa shape index (κ1) is 14.4. The molecule has 1 heterocycles. The molecule has 0 spiro atoms. The summed E-state index contributed by atoms with van der Waals surface area (Å²) in [6.07, 6.45) is 1.79. The fraction of sp³-hybridized carbons (Fsp3) is 0.467. The predicted octanol–water partition coefficient (Wildman–Crippen LogP) is 1.75. The topological polar surface area (TPSA) is 61.4 Å². The van der Waals surface area contributed by atoms with Crippen LogP contribution in [0, 0.1) is 0 Å². The van der Waals surface area contributed by atoms with Gasteiger partial charge in [0.2, 0.25) is 11.8 Å². The molecule has 0 fully saturated rings. The van der Waals surface area contributed by atoms with Gasteiger partial charge in [-0.25, -0.2) is 0 Å². The number of hydrogen-bond donors (Lipinski definition) is 2. The number of carbonyl (C=O) groups excluding carboxylic acids is 2. The fourth-order valence-electron chi connectivity index (χ4n) is 2.34. The molecule has 108 valence electrons. The van der Waals surface area contributed by atoms with E-state index in [2.05, 4.69) is 10.6 Å². The van der Waals surface area contributed by atoms with Crippen LogP contribution in [-0.4, -0.2) is 30.9 Å². The van der Waals surface area contributed by atoms with E-state index in [0.29, 0.717) is 0 Å². The molecule has 0 bridgehead atoms. The van der Waals surface area contributed by atoms with Crippen LogP contribution in [0.5, 0.6) is 0 Å². The van der Waals surface area contributed by atoms with Crippen LogP contribution in [0.1, 0.15) is 26.7 Å². The highest BCUT2D eigenvalue weighted by atomic mass is 16.2. The number of nitrogens with zero attached hydrogens (tertiary/aromatic N) is 1. The van der Waals surface area contributed by atoms with E-state index in [1.54, 1.807) is 4.90 Å². The third-order valence-electron chi connectivity index (χ3n) is 3.58. The third-order valence-corrected chi connectivity index (χ3v) is 3.58. The highest BCUT2D eigenvalue weighted by Gasteiger charge is 2.25. The Morgan fingerprint density at radius 3 is 2.75 bits per heavy atom. The van der Waals surface area contributed by atoms with E-state index in [0.717, 1.165) is 24.2 Å². The number of carbonyl (C=O) groups is 2. The standard InChI is InChI=1S/C15H21N3O2/c1-3-11(4-2)17-14(19)10-18-13-8-6-5-7-12(13)16-9-15(18)20/h5-8,11,16H,3-4,9-10H2,1-2H3,(H,17,19). The maximum absolute atomic E-state index is 12.1. The maximum Gasteiger partial charge on any atom is 0.246 e. The van der Waals surface area contributed by atoms with Crippen LogP contribution in [0.2, 0.25) is 0 Å². The van der Waals surface area contributed by atoms with Crippen LogP contribution in [0.15, 0.2) is 24.3 Å². The van der Waals surface area contributed by atoms with Crippen LogP contribution in [0.25, 0.3) is 0 Å². The Bertz CT molecular complexity index is 498. The number of benzene rings is 1. The summed E-state index contributed by atoms with van der Waals surface area (Å²) in [5.41, 5.74) is 1.66. The van der Waals surface area contributed by atoms with Crippen molar-refractivity contribution >= 4 is 23.2 Å². The molecule has 1 aromatic rings. The molecule has 0 atom stereocenters. The van der Waals surface area contributed by atoms with Gasteiger partial charge in [-0.05, 0) is 25.0 Å². The minimum atomic E-state index is -0.108. The molecule has 2 rings (SSSR count). The van der Waals surface area contributed by atoms with E-state index in [-0.39, 0.29) is 30.9 Å². The second-order valence-corrected chi connectivity index (χ2v) is 4.93. The number of anilines is 2. The quantitative estimate of drug-likeness (QED) is 0.860. The van der Waals surface area contributed by atoms with Crippen LogP contribution < -0.4 is 15.5 Å². The lowest BCUT2D eigenvalue weighted by Gasteiger charge is -2.30. The van der Waals surface area contributed by atoms with Crippen LogP contribution in [0.4, 0.5) is 11.4 Å². The van der Waals surface area contributed by atoms with E-state index in [9.17, 15) is 9.59 Å². The van der Waals surface area contributed by atoms with Crippen molar-refractivity contribution in [2.75, 3.05) is 23.3 Å². The van der Waals surface area contributed by atoms with Gasteiger partial charge >= 0.3 is 0 Å². The van der Waals surface area contributed by atoms with Crippen molar-refractivity contribution in [1.29, 1.82) is 0 Å². The highest BCUT2D eigenvalue weighted by molar-refractivity contribution is 6.05. The number of nitrogens with one attached hydrogen (secondary N) is 2. The first-order valence-corrected chi connectivity index (χ1v) is 7.08. The van der Waals surface area contributed by atoms with Crippen LogP contribution in [0.3, 0.4) is 0 Å². The monoisotopic (exact) mass is 275 g/mol. The molecule has 0 saturated carbocycles. The fourth-order valence-corrected chi connectivity index (χ4v) is 2.34. The SMILES string of the molecule is CCC(CC)NC(=O)CN1C(=O)CNc2ccccc21. The second-order valence-electron chi connectivity index (χ2n) is 4.93. The molecular formula is C15H21N3O2. The second kappa shape index (κ2) is 6.41. The average Bonchev–Trinajstić information content (AvgIpc) is 2.47. The number of amides is 2. The number of hydrogen-bond acceptors (Lipinski definition) is 3. The van der Waals surface area contributed by atoms with Crippen molar-refractivity contribution in [2.24, 2.45) is 0 Å². The summed E-state index contributed by atoms with van der Waals surface area (Å²) in [5.74, 6) is -0.188. The van der Waals surface area contributed by atoms with Crippen molar-refractivity contribution in [3.05, 3.63) is 24.3 Å². The van der Waals surface area contributed by atoms with Crippen LogP contribution >= 0.6 is 0 Å². The van der Waals surface area contributed by atoms with Crippen LogP contribution in [-0.2, 0) is 9.59 Å². The Morgan fingerprint density at radius 2 is 2.05 bits per heavy atom. The molecule has 0 aliphatic carbocycles. The molecule has 1 aliphatic heterocycles. The molecule has 2 N–H and O–H groups in total. The number of rotatable bonds is 5. The van der Waals surface area contributed by atoms with E-state index in [1.165, 1.54) is 0 Å². The van der Waals surface area contributed by atoms with Gasteiger partial charge in [0, 0.05) is 6.04 Å². The third kappa shape index (κ3) is 3.10. The molecule has 0 aromatic heterocycles. The van der Waals surface area contributed by atoms with E-state index < -0.39 is 0 Å². The summed E-state index contributed by atoms with van der Waals surface area (Å²) >= 11 is 0. The van der Waals surface area contributed by atoms with Crippen molar-refractivity contribution < 1.29 is 9.59 Å². The molecule has 1 aromatic carbocycles. The Morgan fingerprint density at radius 1 is 1.35 bits per heavy atom. The van der Waals surface area contributed by atoms with Gasteiger partial charge in [-0.1, -0.05) is 26.0 Å². The summed E-state index contributed by atoms with van der Waals surface area (Å²) in [6.45, 7) is 4.39. The average molecular weight is 275 g/mol. The van der Waals surface area contributed by atoms with E-state index in [4.69, 9.17) is 0 Å². The zero-order valence-electron chi connectivity index (χ0n) is 12.0. The largest absolute Gasteiger partial charge is 0.374 e. The number of para-hydroxylation sites is 2. The number of fused-ring (bicyclic) bond motifs is 1. The predicted molar refractivity (Wildman–Crippen MR) is 79.8 cm³/mol. The Kier molecular flexibility index (Phi) is 4.61. The lowest BCUT2D eigenvalue weighted by atomic mass is 10.1. The molecule has 0 saturated heterocycles. The van der Waals surface area contributed by atoms with Gasteiger partial charge < -0.3 is 10.6 Å². The molecule has 1 aliphatic rings. The van der Waals surface area contributed by atoms with Crippen molar-refractivity contribution in [3.63, 3.8) is 0 Å². The molecule has 20 heavy (non-hydrogen) atoms. The zero-order valence-corrected chi connectivity index (χ0v) is 12.0. The highest BCUT2D eigenvalue weighted by Crippen LogP contribution is 2.28. The Balaban J connectivity index is 2.08. The summed E-state index contributed by atoms with van der Waals surface area (Å²) < 4.78 is 0. The molecule has 0 radical (unpaired) electrons. The normalized spacial score (nSPS) is 13.9.